The van der Waals surface area contributed by atoms with Crippen LogP contribution in [0, 0.1) is 3.57 Å². The first-order valence-electron chi connectivity index (χ1n) is 8.49. The van der Waals surface area contributed by atoms with Gasteiger partial charge in [0.05, 0.1) is 9.92 Å². The highest BCUT2D eigenvalue weighted by molar-refractivity contribution is 14.1. The summed E-state index contributed by atoms with van der Waals surface area (Å²) in [6, 6.07) is 17.4. The first-order valence-corrected chi connectivity index (χ1v) is 11.8. The summed E-state index contributed by atoms with van der Waals surface area (Å²) in [6.45, 7) is -0.268. The molecular formula is C20H15Cl2IN2O4S. The number of carbonyl (C=O) groups excluding carboxylic acids is 1. The Morgan fingerprint density at radius 2 is 1.57 bits per heavy atom. The Balaban J connectivity index is 1.59. The summed E-state index contributed by atoms with van der Waals surface area (Å²) in [5, 5.41) is 3.39. The van der Waals surface area contributed by atoms with Crippen molar-refractivity contribution in [3.63, 3.8) is 0 Å². The van der Waals surface area contributed by atoms with E-state index in [1.165, 1.54) is 30.3 Å². The van der Waals surface area contributed by atoms with E-state index < -0.39 is 15.9 Å². The van der Waals surface area contributed by atoms with Crippen LogP contribution in [-0.2, 0) is 14.8 Å². The zero-order valence-corrected chi connectivity index (χ0v) is 19.7. The highest BCUT2D eigenvalue weighted by atomic mass is 127. The molecule has 0 unspecified atom stereocenters. The Labute approximate surface area is 197 Å². The molecule has 0 bridgehead atoms. The zero-order valence-electron chi connectivity index (χ0n) is 15.2. The summed E-state index contributed by atoms with van der Waals surface area (Å²) in [6.07, 6.45) is 0. The largest absolute Gasteiger partial charge is 0.482 e. The molecule has 0 aliphatic rings. The van der Waals surface area contributed by atoms with Crippen LogP contribution < -0.4 is 14.8 Å². The number of sulfonamides is 1. The lowest BCUT2D eigenvalue weighted by molar-refractivity contribution is -0.118. The average Bonchev–Trinajstić information content (AvgIpc) is 2.69. The molecule has 0 fully saturated rings. The van der Waals surface area contributed by atoms with Crippen molar-refractivity contribution >= 4 is 73.1 Å². The molecule has 0 heterocycles. The van der Waals surface area contributed by atoms with Gasteiger partial charge in [0.1, 0.15) is 5.75 Å². The monoisotopic (exact) mass is 576 g/mol. The van der Waals surface area contributed by atoms with Crippen molar-refractivity contribution in [1.82, 2.24) is 0 Å². The van der Waals surface area contributed by atoms with E-state index >= 15 is 0 Å². The number of amides is 1. The van der Waals surface area contributed by atoms with Gasteiger partial charge in [0.2, 0.25) is 0 Å². The molecule has 0 aromatic heterocycles. The van der Waals surface area contributed by atoms with Crippen molar-refractivity contribution < 1.29 is 17.9 Å². The quantitative estimate of drug-likeness (QED) is 0.368. The van der Waals surface area contributed by atoms with Crippen LogP contribution in [0.2, 0.25) is 10.0 Å². The smallest absolute Gasteiger partial charge is 0.262 e. The maximum atomic E-state index is 12.5. The van der Waals surface area contributed by atoms with Crippen molar-refractivity contribution in [3.05, 3.63) is 80.3 Å². The lowest BCUT2D eigenvalue weighted by atomic mass is 10.3. The Morgan fingerprint density at radius 1 is 0.933 bits per heavy atom. The van der Waals surface area contributed by atoms with Gasteiger partial charge in [-0.1, -0.05) is 23.2 Å². The second-order valence-electron chi connectivity index (χ2n) is 6.05. The van der Waals surface area contributed by atoms with Crippen LogP contribution in [0.1, 0.15) is 0 Å². The fraction of sp³-hybridized carbons (Fsp3) is 0.0500. The zero-order chi connectivity index (χ0) is 21.7. The van der Waals surface area contributed by atoms with Crippen LogP contribution in [0.4, 0.5) is 11.4 Å². The topological polar surface area (TPSA) is 84.5 Å². The molecule has 156 valence electrons. The highest BCUT2D eigenvalue weighted by Gasteiger charge is 2.14. The lowest BCUT2D eigenvalue weighted by Crippen LogP contribution is -2.20. The van der Waals surface area contributed by atoms with Crippen LogP contribution >= 0.6 is 45.8 Å². The van der Waals surface area contributed by atoms with Gasteiger partial charge in [-0.3, -0.25) is 9.52 Å². The molecular weight excluding hydrogens is 562 g/mol. The molecule has 2 N–H and O–H groups in total. The second kappa shape index (κ2) is 9.86. The van der Waals surface area contributed by atoms with Gasteiger partial charge in [-0.25, -0.2) is 8.42 Å². The SMILES string of the molecule is O=C(COc1ccc(Cl)cc1Cl)Nc1ccc(S(=O)(=O)Nc2ccc(I)cc2)cc1. The number of nitrogens with one attached hydrogen (secondary N) is 2. The number of benzene rings is 3. The van der Waals surface area contributed by atoms with Crippen LogP contribution in [0.15, 0.2) is 71.6 Å². The normalized spacial score (nSPS) is 11.0. The van der Waals surface area contributed by atoms with E-state index in [2.05, 4.69) is 32.6 Å². The molecule has 0 saturated heterocycles. The third-order valence-electron chi connectivity index (χ3n) is 3.80. The van der Waals surface area contributed by atoms with Gasteiger partial charge < -0.3 is 10.1 Å². The van der Waals surface area contributed by atoms with Crippen molar-refractivity contribution in [2.24, 2.45) is 0 Å². The highest BCUT2D eigenvalue weighted by Crippen LogP contribution is 2.27. The number of ether oxygens (including phenoxy) is 1. The predicted octanol–water partition coefficient (Wildman–Crippen LogP) is 5.42. The van der Waals surface area contributed by atoms with Gasteiger partial charge in [-0.15, -0.1) is 0 Å². The van der Waals surface area contributed by atoms with E-state index in [9.17, 15) is 13.2 Å². The minimum Gasteiger partial charge on any atom is -0.482 e. The molecule has 3 aromatic rings. The molecule has 10 heteroatoms. The summed E-state index contributed by atoms with van der Waals surface area (Å²) in [5.74, 6) is -0.0898. The van der Waals surface area contributed by atoms with E-state index in [-0.39, 0.29) is 11.5 Å². The van der Waals surface area contributed by atoms with E-state index in [0.717, 1.165) is 3.57 Å². The summed E-state index contributed by atoms with van der Waals surface area (Å²) < 4.78 is 33.9. The molecule has 3 aromatic carbocycles. The van der Waals surface area contributed by atoms with Crippen LogP contribution in [0.5, 0.6) is 5.75 Å². The van der Waals surface area contributed by atoms with Gasteiger partial charge in [0.15, 0.2) is 6.61 Å². The second-order valence-corrected chi connectivity index (χ2v) is 9.82. The summed E-state index contributed by atoms with van der Waals surface area (Å²) in [7, 11) is -3.74. The number of hydrogen-bond acceptors (Lipinski definition) is 4. The van der Waals surface area contributed by atoms with Gasteiger partial charge in [-0.2, -0.15) is 0 Å². The molecule has 0 atom stereocenters. The molecule has 3 rings (SSSR count). The molecule has 0 saturated carbocycles. The number of anilines is 2. The van der Waals surface area contributed by atoms with E-state index in [4.69, 9.17) is 27.9 Å². The molecule has 6 nitrogen and oxygen atoms in total. The number of hydrogen-bond donors (Lipinski definition) is 2. The molecule has 0 radical (unpaired) electrons. The van der Waals surface area contributed by atoms with Crippen molar-refractivity contribution in [1.29, 1.82) is 0 Å². The van der Waals surface area contributed by atoms with E-state index in [0.29, 0.717) is 27.2 Å². The Morgan fingerprint density at radius 3 is 2.20 bits per heavy atom. The average molecular weight is 577 g/mol. The molecule has 0 aliphatic carbocycles. The fourth-order valence-corrected chi connectivity index (χ4v) is 4.26. The third-order valence-corrected chi connectivity index (χ3v) is 6.44. The number of carbonyl (C=O) groups is 1. The molecule has 0 aliphatic heterocycles. The predicted molar refractivity (Wildman–Crippen MR) is 127 cm³/mol. The maximum Gasteiger partial charge on any atom is 0.262 e. The summed E-state index contributed by atoms with van der Waals surface area (Å²) in [4.78, 5) is 12.2. The van der Waals surface area contributed by atoms with E-state index in [1.807, 2.05) is 0 Å². The third kappa shape index (κ3) is 6.24. The van der Waals surface area contributed by atoms with Crippen molar-refractivity contribution in [3.8, 4) is 5.75 Å². The minimum atomic E-state index is -3.74. The van der Waals surface area contributed by atoms with Gasteiger partial charge in [0, 0.05) is 20.0 Å². The Kier molecular flexibility index (Phi) is 7.45. The fourth-order valence-electron chi connectivity index (χ4n) is 2.38. The number of rotatable bonds is 7. The van der Waals surface area contributed by atoms with Crippen molar-refractivity contribution in [2.75, 3.05) is 16.6 Å². The van der Waals surface area contributed by atoms with Gasteiger partial charge >= 0.3 is 0 Å². The molecule has 1 amide bonds. The molecule has 0 spiro atoms. The summed E-state index contributed by atoms with van der Waals surface area (Å²) in [5.41, 5.74) is 0.893. The minimum absolute atomic E-state index is 0.0724. The Bertz CT molecular complexity index is 1150. The first kappa shape index (κ1) is 22.7. The van der Waals surface area contributed by atoms with Crippen LogP contribution in [0.25, 0.3) is 0 Å². The Hall–Kier alpha value is -2.01. The maximum absolute atomic E-state index is 12.5. The van der Waals surface area contributed by atoms with Crippen LogP contribution in [0.3, 0.4) is 0 Å². The van der Waals surface area contributed by atoms with Crippen molar-refractivity contribution in [2.45, 2.75) is 4.90 Å². The van der Waals surface area contributed by atoms with Crippen LogP contribution in [-0.4, -0.2) is 20.9 Å². The number of halogens is 3. The van der Waals surface area contributed by atoms with Gasteiger partial charge in [-0.05, 0) is 89.3 Å². The standard InChI is InChI=1S/C20H15Cl2IN2O4S/c21-13-1-10-19(18(22)11-13)29-12-20(26)24-15-6-8-17(9-7-15)30(27,28)25-16-4-2-14(23)3-5-16/h1-11,25H,12H2,(H,24,26). The van der Waals surface area contributed by atoms with E-state index in [1.54, 1.807) is 36.4 Å². The van der Waals surface area contributed by atoms with Gasteiger partial charge in [0.25, 0.3) is 15.9 Å². The molecule has 30 heavy (non-hydrogen) atoms. The first-order chi connectivity index (χ1) is 14.2. The lowest BCUT2D eigenvalue weighted by Gasteiger charge is -2.11. The summed E-state index contributed by atoms with van der Waals surface area (Å²) >= 11 is 13.9.